The van der Waals surface area contributed by atoms with Crippen molar-refractivity contribution in [1.29, 1.82) is 0 Å². The van der Waals surface area contributed by atoms with Gasteiger partial charge < -0.3 is 4.90 Å². The fourth-order valence-electron chi connectivity index (χ4n) is 3.12. The van der Waals surface area contributed by atoms with Gasteiger partial charge in [-0.2, -0.15) is 0 Å². The average Bonchev–Trinajstić information content (AvgIpc) is 2.36. The molecule has 0 radical (unpaired) electrons. The number of amides is 1. The summed E-state index contributed by atoms with van der Waals surface area (Å²) in [5, 5.41) is 0. The molecule has 2 rings (SSSR count). The standard InChI is InChI=1S/C18H27NO/c1-13-10-14(2)12-19(11-13)17(20)15-6-8-16(9-7-15)18(3,4)5/h6-9,13-14H,10-12H2,1-5H3. The summed E-state index contributed by atoms with van der Waals surface area (Å²) in [4.78, 5) is 14.6. The molecule has 0 aliphatic carbocycles. The molecule has 110 valence electrons. The highest BCUT2D eigenvalue weighted by molar-refractivity contribution is 5.94. The molecule has 2 heteroatoms. The third kappa shape index (κ3) is 3.41. The van der Waals surface area contributed by atoms with Crippen molar-refractivity contribution in [3.8, 4) is 0 Å². The second-order valence-electron chi connectivity index (χ2n) is 7.48. The van der Waals surface area contributed by atoms with Gasteiger partial charge >= 0.3 is 0 Å². The summed E-state index contributed by atoms with van der Waals surface area (Å²) in [6.45, 7) is 12.8. The average molecular weight is 273 g/mol. The van der Waals surface area contributed by atoms with Crippen LogP contribution < -0.4 is 0 Å². The van der Waals surface area contributed by atoms with Crippen LogP contribution in [0.1, 0.15) is 57.0 Å². The summed E-state index contributed by atoms with van der Waals surface area (Å²) in [7, 11) is 0. The molecule has 0 aromatic heterocycles. The van der Waals surface area contributed by atoms with E-state index in [1.807, 2.05) is 17.0 Å². The number of carbonyl (C=O) groups excluding carboxylic acids is 1. The van der Waals surface area contributed by atoms with E-state index in [-0.39, 0.29) is 11.3 Å². The first kappa shape index (κ1) is 15.1. The Labute approximate surface area is 123 Å². The van der Waals surface area contributed by atoms with E-state index in [9.17, 15) is 4.79 Å². The summed E-state index contributed by atoms with van der Waals surface area (Å²) in [6, 6.07) is 8.13. The van der Waals surface area contributed by atoms with E-state index >= 15 is 0 Å². The van der Waals surface area contributed by atoms with Gasteiger partial charge in [0.25, 0.3) is 5.91 Å². The minimum Gasteiger partial charge on any atom is -0.338 e. The lowest BCUT2D eigenvalue weighted by atomic mass is 9.86. The number of piperidine rings is 1. The summed E-state index contributed by atoms with van der Waals surface area (Å²) >= 11 is 0. The number of rotatable bonds is 1. The zero-order chi connectivity index (χ0) is 14.9. The molecule has 1 fully saturated rings. The predicted molar refractivity (Wildman–Crippen MR) is 84.0 cm³/mol. The van der Waals surface area contributed by atoms with Gasteiger partial charge in [-0.1, -0.05) is 46.8 Å². The Balaban J connectivity index is 2.13. The predicted octanol–water partition coefficient (Wildman–Crippen LogP) is 4.10. The Kier molecular flexibility index (Phi) is 4.22. The molecular weight excluding hydrogens is 246 g/mol. The van der Waals surface area contributed by atoms with Gasteiger partial charge in [-0.15, -0.1) is 0 Å². The molecule has 0 spiro atoms. The van der Waals surface area contributed by atoms with Gasteiger partial charge in [-0.05, 0) is 41.4 Å². The smallest absolute Gasteiger partial charge is 0.253 e. The van der Waals surface area contributed by atoms with Crippen molar-refractivity contribution in [3.05, 3.63) is 35.4 Å². The molecule has 20 heavy (non-hydrogen) atoms. The molecule has 0 saturated carbocycles. The Morgan fingerprint density at radius 3 is 2.00 bits per heavy atom. The van der Waals surface area contributed by atoms with Gasteiger partial charge in [0.15, 0.2) is 0 Å². The Bertz CT molecular complexity index is 459. The number of benzene rings is 1. The summed E-state index contributed by atoms with van der Waals surface area (Å²) in [6.07, 6.45) is 1.23. The first-order chi connectivity index (χ1) is 9.27. The maximum atomic E-state index is 12.6. The normalized spacial score (nSPS) is 23.8. The van der Waals surface area contributed by atoms with Gasteiger partial charge in [-0.25, -0.2) is 0 Å². The third-order valence-corrected chi connectivity index (χ3v) is 4.15. The van der Waals surface area contributed by atoms with Crippen LogP contribution in [0.2, 0.25) is 0 Å². The van der Waals surface area contributed by atoms with Crippen molar-refractivity contribution in [2.75, 3.05) is 13.1 Å². The molecule has 2 nitrogen and oxygen atoms in total. The Hall–Kier alpha value is -1.31. The number of nitrogens with zero attached hydrogens (tertiary/aromatic N) is 1. The second kappa shape index (κ2) is 5.59. The first-order valence-corrected chi connectivity index (χ1v) is 7.67. The van der Waals surface area contributed by atoms with Crippen LogP contribution in [0.3, 0.4) is 0 Å². The number of likely N-dealkylation sites (tertiary alicyclic amines) is 1. The molecule has 1 aromatic rings. The Morgan fingerprint density at radius 2 is 1.55 bits per heavy atom. The topological polar surface area (TPSA) is 20.3 Å². The van der Waals surface area contributed by atoms with Crippen LogP contribution in [0, 0.1) is 11.8 Å². The fraction of sp³-hybridized carbons (Fsp3) is 0.611. The van der Waals surface area contributed by atoms with Crippen LogP contribution in [-0.2, 0) is 5.41 Å². The molecule has 2 unspecified atom stereocenters. The van der Waals surface area contributed by atoms with Crippen LogP contribution in [-0.4, -0.2) is 23.9 Å². The van der Waals surface area contributed by atoms with Gasteiger partial charge in [0.05, 0.1) is 0 Å². The largest absolute Gasteiger partial charge is 0.338 e. The highest BCUT2D eigenvalue weighted by Gasteiger charge is 2.26. The van der Waals surface area contributed by atoms with E-state index in [0.29, 0.717) is 11.8 Å². The van der Waals surface area contributed by atoms with E-state index in [4.69, 9.17) is 0 Å². The molecular formula is C18H27NO. The van der Waals surface area contributed by atoms with Crippen molar-refractivity contribution >= 4 is 5.91 Å². The molecule has 1 amide bonds. The lowest BCUT2D eigenvalue weighted by molar-refractivity contribution is 0.0623. The van der Waals surface area contributed by atoms with Crippen LogP contribution in [0.4, 0.5) is 0 Å². The van der Waals surface area contributed by atoms with Crippen molar-refractivity contribution in [1.82, 2.24) is 4.90 Å². The van der Waals surface area contributed by atoms with E-state index in [1.165, 1.54) is 12.0 Å². The van der Waals surface area contributed by atoms with Crippen LogP contribution in [0.5, 0.6) is 0 Å². The highest BCUT2D eigenvalue weighted by Crippen LogP contribution is 2.25. The molecule has 0 bridgehead atoms. The fourth-order valence-corrected chi connectivity index (χ4v) is 3.12. The monoisotopic (exact) mass is 273 g/mol. The minimum atomic E-state index is 0.135. The Morgan fingerprint density at radius 1 is 1.05 bits per heavy atom. The van der Waals surface area contributed by atoms with E-state index in [2.05, 4.69) is 46.8 Å². The maximum Gasteiger partial charge on any atom is 0.253 e. The van der Waals surface area contributed by atoms with E-state index in [1.54, 1.807) is 0 Å². The summed E-state index contributed by atoms with van der Waals surface area (Å²) < 4.78 is 0. The maximum absolute atomic E-state index is 12.6. The highest BCUT2D eigenvalue weighted by atomic mass is 16.2. The van der Waals surface area contributed by atoms with Gasteiger partial charge in [-0.3, -0.25) is 4.79 Å². The van der Waals surface area contributed by atoms with Crippen molar-refractivity contribution in [2.24, 2.45) is 11.8 Å². The lowest BCUT2D eigenvalue weighted by Crippen LogP contribution is -2.42. The number of hydrogen-bond acceptors (Lipinski definition) is 1. The molecule has 1 aromatic carbocycles. The summed E-state index contributed by atoms with van der Waals surface area (Å²) in [5.74, 6) is 1.40. The third-order valence-electron chi connectivity index (χ3n) is 4.15. The number of hydrogen-bond donors (Lipinski definition) is 0. The van der Waals surface area contributed by atoms with Gasteiger partial charge in [0.1, 0.15) is 0 Å². The molecule has 0 N–H and O–H groups in total. The van der Waals surface area contributed by atoms with Gasteiger partial charge in [0.2, 0.25) is 0 Å². The van der Waals surface area contributed by atoms with Crippen LogP contribution >= 0.6 is 0 Å². The first-order valence-electron chi connectivity index (χ1n) is 7.67. The second-order valence-corrected chi connectivity index (χ2v) is 7.48. The molecule has 1 saturated heterocycles. The summed E-state index contributed by atoms with van der Waals surface area (Å²) in [5.41, 5.74) is 2.23. The number of carbonyl (C=O) groups is 1. The quantitative estimate of drug-likeness (QED) is 0.754. The van der Waals surface area contributed by atoms with Gasteiger partial charge in [0, 0.05) is 18.7 Å². The van der Waals surface area contributed by atoms with Crippen molar-refractivity contribution < 1.29 is 4.79 Å². The zero-order valence-corrected chi connectivity index (χ0v) is 13.4. The molecule has 1 aliphatic heterocycles. The molecule has 1 aliphatic rings. The van der Waals surface area contributed by atoms with E-state index < -0.39 is 0 Å². The van der Waals surface area contributed by atoms with E-state index in [0.717, 1.165) is 18.7 Å². The zero-order valence-electron chi connectivity index (χ0n) is 13.4. The molecule has 2 atom stereocenters. The van der Waals surface area contributed by atoms with Crippen LogP contribution in [0.15, 0.2) is 24.3 Å². The van der Waals surface area contributed by atoms with Crippen molar-refractivity contribution in [3.63, 3.8) is 0 Å². The van der Waals surface area contributed by atoms with Crippen LogP contribution in [0.25, 0.3) is 0 Å². The molecule has 1 heterocycles. The van der Waals surface area contributed by atoms with Crippen molar-refractivity contribution in [2.45, 2.75) is 46.5 Å². The lowest BCUT2D eigenvalue weighted by Gasteiger charge is -2.35. The minimum absolute atomic E-state index is 0.135. The SMILES string of the molecule is CC1CC(C)CN(C(=O)c2ccc(C(C)(C)C)cc2)C1.